The van der Waals surface area contributed by atoms with E-state index in [2.05, 4.69) is 44.3 Å². The number of hydrogen-bond acceptors (Lipinski definition) is 2. The predicted octanol–water partition coefficient (Wildman–Crippen LogP) is 4.13. The third kappa shape index (κ3) is 2.53. The molecule has 0 aliphatic carbocycles. The molecule has 1 heterocycles. The summed E-state index contributed by atoms with van der Waals surface area (Å²) >= 11 is 1.95. The van der Waals surface area contributed by atoms with Crippen LogP contribution < -0.4 is 5.32 Å². The summed E-state index contributed by atoms with van der Waals surface area (Å²) in [5.74, 6) is 0.712. The Labute approximate surface area is 108 Å². The molecule has 0 atom stereocenters. The number of rotatable bonds is 4. The van der Waals surface area contributed by atoms with Crippen LogP contribution in [0.15, 0.2) is 18.2 Å². The van der Waals surface area contributed by atoms with Gasteiger partial charge < -0.3 is 5.32 Å². The van der Waals surface area contributed by atoms with Gasteiger partial charge in [-0.25, -0.2) is 0 Å². The van der Waals surface area contributed by atoms with Gasteiger partial charge in [0.05, 0.1) is 0 Å². The van der Waals surface area contributed by atoms with Gasteiger partial charge in [0.1, 0.15) is 0 Å². The maximum atomic E-state index is 3.29. The van der Waals surface area contributed by atoms with E-state index in [4.69, 9.17) is 0 Å². The highest BCUT2D eigenvalue weighted by atomic mass is 32.1. The molecular weight excluding hydrogens is 226 g/mol. The van der Waals surface area contributed by atoms with Crippen LogP contribution in [0.4, 0.5) is 0 Å². The van der Waals surface area contributed by atoms with E-state index >= 15 is 0 Å². The topological polar surface area (TPSA) is 12.0 Å². The van der Waals surface area contributed by atoms with Crippen LogP contribution in [-0.4, -0.2) is 7.05 Å². The highest BCUT2D eigenvalue weighted by Gasteiger charge is 2.13. The zero-order valence-electron chi connectivity index (χ0n) is 11.1. The van der Waals surface area contributed by atoms with E-state index in [1.165, 1.54) is 26.9 Å². The number of benzene rings is 1. The van der Waals surface area contributed by atoms with Gasteiger partial charge >= 0.3 is 0 Å². The number of nitrogens with one attached hydrogen (secondary N) is 1. The molecule has 2 rings (SSSR count). The van der Waals surface area contributed by atoms with Crippen molar-refractivity contribution in [2.45, 2.75) is 33.7 Å². The lowest BCUT2D eigenvalue weighted by Crippen LogP contribution is -2.06. The minimum atomic E-state index is 0.712. The van der Waals surface area contributed by atoms with Crippen LogP contribution in [0.25, 0.3) is 10.1 Å². The Morgan fingerprint density at radius 2 is 2.06 bits per heavy atom. The lowest BCUT2D eigenvalue weighted by molar-refractivity contribution is 0.645. The summed E-state index contributed by atoms with van der Waals surface area (Å²) in [6.45, 7) is 7.78. The van der Waals surface area contributed by atoms with Crippen molar-refractivity contribution in [3.8, 4) is 0 Å². The maximum absolute atomic E-state index is 3.29. The molecule has 0 bridgehead atoms. The standard InChI is InChI=1S/C15H21NS/c1-10(2)8-13-12-7-5-6-11(3)15(12)17-14(13)9-16-4/h5-7,10,16H,8-9H2,1-4H3. The van der Waals surface area contributed by atoms with Crippen molar-refractivity contribution in [1.29, 1.82) is 0 Å². The van der Waals surface area contributed by atoms with Crippen LogP contribution in [0.2, 0.25) is 0 Å². The van der Waals surface area contributed by atoms with Crippen LogP contribution in [0, 0.1) is 12.8 Å². The summed E-state index contributed by atoms with van der Waals surface area (Å²) in [5, 5.41) is 4.76. The smallest absolute Gasteiger partial charge is 0.0378 e. The Morgan fingerprint density at radius 3 is 2.71 bits per heavy atom. The first-order valence-electron chi connectivity index (χ1n) is 6.28. The van der Waals surface area contributed by atoms with Gasteiger partial charge in [-0.1, -0.05) is 32.0 Å². The number of fused-ring (bicyclic) bond motifs is 1. The van der Waals surface area contributed by atoms with E-state index in [0.29, 0.717) is 5.92 Å². The van der Waals surface area contributed by atoms with Crippen molar-refractivity contribution in [2.75, 3.05) is 7.05 Å². The van der Waals surface area contributed by atoms with Gasteiger partial charge in [0, 0.05) is 16.1 Å². The van der Waals surface area contributed by atoms with Crippen LogP contribution >= 0.6 is 11.3 Å². The van der Waals surface area contributed by atoms with Crippen LogP contribution in [-0.2, 0) is 13.0 Å². The molecule has 0 aliphatic heterocycles. The summed E-state index contributed by atoms with van der Waals surface area (Å²) < 4.78 is 1.47. The summed E-state index contributed by atoms with van der Waals surface area (Å²) in [4.78, 5) is 1.51. The Kier molecular flexibility index (Phi) is 3.85. The number of hydrogen-bond donors (Lipinski definition) is 1. The Balaban J connectivity index is 2.58. The van der Waals surface area contributed by atoms with Gasteiger partial charge in [0.15, 0.2) is 0 Å². The predicted molar refractivity (Wildman–Crippen MR) is 77.9 cm³/mol. The molecule has 0 fully saturated rings. The van der Waals surface area contributed by atoms with Gasteiger partial charge in [0.25, 0.3) is 0 Å². The molecule has 0 aliphatic rings. The van der Waals surface area contributed by atoms with Gasteiger partial charge in [-0.15, -0.1) is 11.3 Å². The Bertz CT molecular complexity index is 511. The van der Waals surface area contributed by atoms with Crippen LogP contribution in [0.5, 0.6) is 0 Å². The maximum Gasteiger partial charge on any atom is 0.0378 e. The lowest BCUT2D eigenvalue weighted by atomic mass is 9.99. The molecular formula is C15H21NS. The first-order valence-corrected chi connectivity index (χ1v) is 7.09. The summed E-state index contributed by atoms with van der Waals surface area (Å²) in [7, 11) is 2.02. The largest absolute Gasteiger partial charge is 0.315 e. The Morgan fingerprint density at radius 1 is 1.29 bits per heavy atom. The zero-order chi connectivity index (χ0) is 12.4. The van der Waals surface area contributed by atoms with Crippen molar-refractivity contribution in [3.63, 3.8) is 0 Å². The molecule has 1 aromatic heterocycles. The first kappa shape index (κ1) is 12.6. The minimum absolute atomic E-state index is 0.712. The molecule has 0 radical (unpaired) electrons. The van der Waals surface area contributed by atoms with Gasteiger partial charge in [-0.2, -0.15) is 0 Å². The normalized spacial score (nSPS) is 11.6. The number of thiophene rings is 1. The van der Waals surface area contributed by atoms with Gasteiger partial charge in [-0.3, -0.25) is 0 Å². The minimum Gasteiger partial charge on any atom is -0.315 e. The number of aryl methyl sites for hydroxylation is 1. The van der Waals surface area contributed by atoms with Gasteiger partial charge in [0.2, 0.25) is 0 Å². The second-order valence-electron chi connectivity index (χ2n) is 5.08. The van der Waals surface area contributed by atoms with Gasteiger partial charge in [-0.05, 0) is 42.8 Å². The van der Waals surface area contributed by atoms with E-state index in [-0.39, 0.29) is 0 Å². The second-order valence-corrected chi connectivity index (χ2v) is 6.19. The van der Waals surface area contributed by atoms with Crippen molar-refractivity contribution in [2.24, 2.45) is 5.92 Å². The zero-order valence-corrected chi connectivity index (χ0v) is 11.9. The molecule has 0 amide bonds. The van der Waals surface area contributed by atoms with Crippen LogP contribution in [0.1, 0.15) is 29.9 Å². The van der Waals surface area contributed by atoms with Crippen molar-refractivity contribution in [1.82, 2.24) is 5.32 Å². The average Bonchev–Trinajstić information content (AvgIpc) is 2.59. The molecule has 0 saturated heterocycles. The fourth-order valence-corrected chi connectivity index (χ4v) is 3.61. The quantitative estimate of drug-likeness (QED) is 0.856. The van der Waals surface area contributed by atoms with E-state index in [1.54, 1.807) is 5.56 Å². The summed E-state index contributed by atoms with van der Waals surface area (Å²) in [5.41, 5.74) is 2.96. The molecule has 2 heteroatoms. The van der Waals surface area contributed by atoms with Crippen molar-refractivity contribution in [3.05, 3.63) is 34.2 Å². The van der Waals surface area contributed by atoms with Crippen molar-refractivity contribution < 1.29 is 0 Å². The van der Waals surface area contributed by atoms with E-state index in [0.717, 1.165) is 6.54 Å². The third-order valence-corrected chi connectivity index (χ3v) is 4.43. The molecule has 0 unspecified atom stereocenters. The first-order chi connectivity index (χ1) is 8.13. The van der Waals surface area contributed by atoms with E-state index < -0.39 is 0 Å². The molecule has 2 aromatic rings. The van der Waals surface area contributed by atoms with E-state index in [1.807, 2.05) is 18.4 Å². The molecule has 0 saturated carbocycles. The fraction of sp³-hybridized carbons (Fsp3) is 0.467. The Hall–Kier alpha value is -0.860. The average molecular weight is 247 g/mol. The molecule has 17 heavy (non-hydrogen) atoms. The highest BCUT2D eigenvalue weighted by Crippen LogP contribution is 2.34. The summed E-state index contributed by atoms with van der Waals surface area (Å²) in [6.07, 6.45) is 1.18. The lowest BCUT2D eigenvalue weighted by Gasteiger charge is -2.07. The van der Waals surface area contributed by atoms with Crippen molar-refractivity contribution >= 4 is 21.4 Å². The molecule has 92 valence electrons. The fourth-order valence-electron chi connectivity index (χ4n) is 2.30. The second kappa shape index (κ2) is 5.19. The highest BCUT2D eigenvalue weighted by molar-refractivity contribution is 7.19. The molecule has 0 spiro atoms. The summed E-state index contributed by atoms with van der Waals surface area (Å²) in [6, 6.07) is 6.66. The monoisotopic (exact) mass is 247 g/mol. The molecule has 1 N–H and O–H groups in total. The molecule has 1 nitrogen and oxygen atoms in total. The molecule has 1 aromatic carbocycles. The third-order valence-electron chi connectivity index (χ3n) is 3.05. The van der Waals surface area contributed by atoms with Crippen LogP contribution in [0.3, 0.4) is 0 Å². The van der Waals surface area contributed by atoms with E-state index in [9.17, 15) is 0 Å². The SMILES string of the molecule is CNCc1sc2c(C)cccc2c1CC(C)C.